The van der Waals surface area contributed by atoms with Crippen LogP contribution < -0.4 is 10.6 Å². The number of piperidine rings is 1. The van der Waals surface area contributed by atoms with Gasteiger partial charge in [0.15, 0.2) is 9.84 Å². The second-order valence-electron chi connectivity index (χ2n) is 5.29. The summed E-state index contributed by atoms with van der Waals surface area (Å²) in [5.41, 5.74) is -0.956. The van der Waals surface area contributed by atoms with E-state index in [0.29, 0.717) is 0 Å². The fourth-order valence-electron chi connectivity index (χ4n) is 2.43. The summed E-state index contributed by atoms with van der Waals surface area (Å²) in [5.74, 6) is -0.849. The summed E-state index contributed by atoms with van der Waals surface area (Å²) in [6.45, 7) is 1.84. The maximum atomic E-state index is 12.1. The summed E-state index contributed by atoms with van der Waals surface area (Å²) in [7, 11) is -3.44. The molecule has 2 N–H and O–H groups in total. The summed E-state index contributed by atoms with van der Waals surface area (Å²) in [6, 6.07) is -0.528. The molecule has 0 saturated carbocycles. The molecule has 2 saturated heterocycles. The molecule has 2 rings (SSSR count). The zero-order valence-electron chi connectivity index (χ0n) is 11.3. The Morgan fingerprint density at radius 1 is 1.30 bits per heavy atom. The maximum absolute atomic E-state index is 12.1. The molecule has 0 bridgehead atoms. The van der Waals surface area contributed by atoms with Gasteiger partial charge in [-0.25, -0.2) is 13.2 Å². The molecule has 8 nitrogen and oxygen atoms in total. The van der Waals surface area contributed by atoms with Crippen LogP contribution in [0.3, 0.4) is 0 Å². The van der Waals surface area contributed by atoms with E-state index in [-0.39, 0.29) is 31.8 Å². The van der Waals surface area contributed by atoms with E-state index in [2.05, 4.69) is 10.6 Å². The topological polar surface area (TPSA) is 113 Å². The minimum Gasteiger partial charge on any atom is -0.341 e. The third-order valence-corrected chi connectivity index (χ3v) is 5.42. The Hall–Kier alpha value is -1.64. The van der Waals surface area contributed by atoms with Crippen LogP contribution in [0.4, 0.5) is 4.79 Å². The highest BCUT2D eigenvalue weighted by molar-refractivity contribution is 7.92. The molecule has 1 atom stereocenters. The van der Waals surface area contributed by atoms with Crippen LogP contribution >= 0.6 is 0 Å². The zero-order valence-corrected chi connectivity index (χ0v) is 12.1. The lowest BCUT2D eigenvalue weighted by Gasteiger charge is -2.37. The third-order valence-electron chi connectivity index (χ3n) is 3.93. The fourth-order valence-corrected chi connectivity index (χ4v) is 2.94. The van der Waals surface area contributed by atoms with Crippen LogP contribution in [0.5, 0.6) is 0 Å². The molecule has 0 radical (unpaired) electrons. The van der Waals surface area contributed by atoms with Gasteiger partial charge in [0.05, 0.1) is 0 Å². The number of imide groups is 1. The van der Waals surface area contributed by atoms with Crippen LogP contribution in [0.2, 0.25) is 0 Å². The Labute approximate surface area is 116 Å². The van der Waals surface area contributed by atoms with Gasteiger partial charge in [0, 0.05) is 19.3 Å². The average Bonchev–Trinajstić information content (AvgIpc) is 2.62. The molecular weight excluding hydrogens is 286 g/mol. The minimum absolute atomic E-state index is 0.242. The molecule has 2 aliphatic rings. The normalized spacial score (nSPS) is 23.4. The van der Waals surface area contributed by atoms with Gasteiger partial charge in [0.1, 0.15) is 10.8 Å². The van der Waals surface area contributed by atoms with Crippen molar-refractivity contribution in [1.82, 2.24) is 15.5 Å². The van der Waals surface area contributed by atoms with E-state index in [1.165, 1.54) is 11.8 Å². The van der Waals surface area contributed by atoms with Crippen molar-refractivity contribution in [3.05, 3.63) is 0 Å². The monoisotopic (exact) mass is 303 g/mol. The van der Waals surface area contributed by atoms with Crippen molar-refractivity contribution in [2.24, 2.45) is 0 Å². The van der Waals surface area contributed by atoms with E-state index in [4.69, 9.17) is 0 Å². The van der Waals surface area contributed by atoms with Crippen molar-refractivity contribution in [3.63, 3.8) is 0 Å². The number of hydrogen-bond acceptors (Lipinski definition) is 5. The first-order valence-corrected chi connectivity index (χ1v) is 8.22. The first-order valence-electron chi connectivity index (χ1n) is 6.27. The Balaban J connectivity index is 2.03. The Morgan fingerprint density at radius 2 is 1.85 bits per heavy atom. The Bertz CT molecular complexity index is 563. The van der Waals surface area contributed by atoms with Crippen molar-refractivity contribution in [3.8, 4) is 0 Å². The number of amides is 4. The summed E-state index contributed by atoms with van der Waals surface area (Å²) in [4.78, 5) is 36.4. The van der Waals surface area contributed by atoms with Crippen molar-refractivity contribution in [1.29, 1.82) is 0 Å². The first-order chi connectivity index (χ1) is 9.16. The molecule has 0 aliphatic carbocycles. The van der Waals surface area contributed by atoms with Gasteiger partial charge in [-0.15, -0.1) is 0 Å². The lowest BCUT2D eigenvalue weighted by Crippen LogP contribution is -2.57. The molecule has 9 heteroatoms. The fraction of sp³-hybridized carbons (Fsp3) is 0.727. The predicted molar refractivity (Wildman–Crippen MR) is 69.5 cm³/mol. The highest BCUT2D eigenvalue weighted by Gasteiger charge is 2.48. The minimum atomic E-state index is -3.44. The van der Waals surface area contributed by atoms with Gasteiger partial charge in [-0.05, 0) is 19.8 Å². The summed E-state index contributed by atoms with van der Waals surface area (Å²) in [5, 5.41) is 3.67. The largest absolute Gasteiger partial charge is 0.341 e. The van der Waals surface area contributed by atoms with Crippen LogP contribution in [0.25, 0.3) is 0 Å². The number of nitrogens with zero attached hydrogens (tertiary/aromatic N) is 1. The molecular formula is C11H17N3O5S. The van der Waals surface area contributed by atoms with Gasteiger partial charge in [-0.1, -0.05) is 0 Å². The van der Waals surface area contributed by atoms with E-state index in [0.717, 1.165) is 6.26 Å². The number of hydrogen-bond donors (Lipinski definition) is 2. The summed E-state index contributed by atoms with van der Waals surface area (Å²) >= 11 is 0. The van der Waals surface area contributed by atoms with Crippen LogP contribution in [0.15, 0.2) is 0 Å². The van der Waals surface area contributed by atoms with Gasteiger partial charge < -0.3 is 10.2 Å². The van der Waals surface area contributed by atoms with Crippen LogP contribution in [0, 0.1) is 0 Å². The number of carbonyl (C=O) groups excluding carboxylic acids is 3. The van der Waals surface area contributed by atoms with Crippen LogP contribution in [-0.4, -0.2) is 61.3 Å². The standard InChI is InChI=1S/C11H17N3O5S/c1-7(20(2,18)19)8(15)14-5-3-11(4-6-14)9(16)12-10(17)13-11/h7H,3-6H2,1-2H3,(H2,12,13,16,17). The van der Waals surface area contributed by atoms with Gasteiger partial charge in [-0.3, -0.25) is 14.9 Å². The zero-order chi connectivity index (χ0) is 15.1. The molecule has 112 valence electrons. The summed E-state index contributed by atoms with van der Waals surface area (Å²) < 4.78 is 22.8. The predicted octanol–water partition coefficient (Wildman–Crippen LogP) is -1.38. The van der Waals surface area contributed by atoms with Gasteiger partial charge in [-0.2, -0.15) is 0 Å². The number of carbonyl (C=O) groups is 3. The summed E-state index contributed by atoms with van der Waals surface area (Å²) in [6.07, 6.45) is 1.59. The Morgan fingerprint density at radius 3 is 2.25 bits per heavy atom. The molecule has 0 aromatic carbocycles. The molecule has 2 fully saturated rings. The highest BCUT2D eigenvalue weighted by Crippen LogP contribution is 2.26. The first kappa shape index (κ1) is 14.8. The van der Waals surface area contributed by atoms with E-state index in [1.807, 2.05) is 0 Å². The van der Waals surface area contributed by atoms with Crippen molar-refractivity contribution >= 4 is 27.7 Å². The van der Waals surface area contributed by atoms with E-state index >= 15 is 0 Å². The number of rotatable bonds is 2. The molecule has 1 spiro atoms. The number of urea groups is 1. The molecule has 4 amide bonds. The quantitative estimate of drug-likeness (QED) is 0.611. The number of sulfone groups is 1. The van der Waals surface area contributed by atoms with Gasteiger partial charge in [0.2, 0.25) is 5.91 Å². The molecule has 0 aromatic heterocycles. The molecule has 2 aliphatic heterocycles. The smallest absolute Gasteiger partial charge is 0.322 e. The number of nitrogens with one attached hydrogen (secondary N) is 2. The third kappa shape index (κ3) is 2.49. The highest BCUT2D eigenvalue weighted by atomic mass is 32.2. The number of likely N-dealkylation sites (tertiary alicyclic amines) is 1. The van der Waals surface area contributed by atoms with Crippen molar-refractivity contribution in [2.45, 2.75) is 30.6 Å². The van der Waals surface area contributed by atoms with Gasteiger partial charge in [0.25, 0.3) is 5.91 Å². The molecule has 2 heterocycles. The van der Waals surface area contributed by atoms with Crippen LogP contribution in [-0.2, 0) is 19.4 Å². The molecule has 0 aromatic rings. The SMILES string of the molecule is CC(C(=O)N1CCC2(CC1)NC(=O)NC2=O)S(C)(=O)=O. The van der Waals surface area contributed by atoms with E-state index < -0.39 is 32.6 Å². The lowest BCUT2D eigenvalue weighted by atomic mass is 9.87. The van der Waals surface area contributed by atoms with E-state index in [9.17, 15) is 22.8 Å². The molecule has 1 unspecified atom stereocenters. The second kappa shape index (κ2) is 4.72. The van der Waals surface area contributed by atoms with E-state index in [1.54, 1.807) is 0 Å². The van der Waals surface area contributed by atoms with Crippen LogP contribution in [0.1, 0.15) is 19.8 Å². The maximum Gasteiger partial charge on any atom is 0.322 e. The second-order valence-corrected chi connectivity index (χ2v) is 7.65. The Kier molecular flexibility index (Phi) is 3.49. The van der Waals surface area contributed by atoms with Gasteiger partial charge >= 0.3 is 6.03 Å². The van der Waals surface area contributed by atoms with Crippen molar-refractivity contribution in [2.75, 3.05) is 19.3 Å². The average molecular weight is 303 g/mol. The lowest BCUT2D eigenvalue weighted by molar-refractivity contribution is -0.135. The van der Waals surface area contributed by atoms with Crippen molar-refractivity contribution < 1.29 is 22.8 Å². The molecule has 20 heavy (non-hydrogen) atoms.